The Labute approximate surface area is 211 Å². The van der Waals surface area contributed by atoms with Gasteiger partial charge in [0.05, 0.1) is 11.3 Å². The molecule has 6 rings (SSSR count). The van der Waals surface area contributed by atoms with Crippen LogP contribution in [0, 0.1) is 11.3 Å². The highest BCUT2D eigenvalue weighted by atomic mass is 15.2. The molecule has 0 saturated carbocycles. The summed E-state index contributed by atoms with van der Waals surface area (Å²) in [6.45, 7) is 4.73. The number of hydrogen-bond acceptors (Lipinski definition) is 7. The van der Waals surface area contributed by atoms with Crippen molar-refractivity contribution < 1.29 is 0 Å². The molecule has 7 nitrogen and oxygen atoms in total. The van der Waals surface area contributed by atoms with Gasteiger partial charge < -0.3 is 10.2 Å². The standard InChI is InChI=1S/C29H27N7/c30-16-23-14-24(17-32-28(23)36-12-4-5-13-36)27-10-11-31-29(34-27)33-26-9-8-22-19-35(20-25(22)15-26)18-21-6-2-1-3-7-21/h1-3,6-11,14-15,17H,4-5,12-13,18-20H2,(H,31,33,34). The average molecular weight is 474 g/mol. The molecule has 0 radical (unpaired) electrons. The number of pyridine rings is 1. The van der Waals surface area contributed by atoms with Crippen molar-refractivity contribution in [3.63, 3.8) is 0 Å². The van der Waals surface area contributed by atoms with Gasteiger partial charge in [-0.3, -0.25) is 4.90 Å². The number of benzene rings is 2. The van der Waals surface area contributed by atoms with Crippen LogP contribution in [0.1, 0.15) is 35.1 Å². The lowest BCUT2D eigenvalue weighted by molar-refractivity contribution is 0.275. The Kier molecular flexibility index (Phi) is 6.02. The Morgan fingerprint density at radius 1 is 0.917 bits per heavy atom. The molecule has 0 aliphatic carbocycles. The van der Waals surface area contributed by atoms with Gasteiger partial charge in [0.2, 0.25) is 5.95 Å². The maximum absolute atomic E-state index is 9.71. The van der Waals surface area contributed by atoms with Crippen molar-refractivity contribution in [3.05, 3.63) is 95.3 Å². The number of anilines is 3. The van der Waals surface area contributed by atoms with E-state index in [4.69, 9.17) is 4.98 Å². The van der Waals surface area contributed by atoms with Gasteiger partial charge in [0.15, 0.2) is 0 Å². The van der Waals surface area contributed by atoms with Gasteiger partial charge in [-0.1, -0.05) is 36.4 Å². The summed E-state index contributed by atoms with van der Waals surface area (Å²) in [5.41, 5.74) is 7.11. The van der Waals surface area contributed by atoms with Gasteiger partial charge in [-0.25, -0.2) is 15.0 Å². The first-order chi connectivity index (χ1) is 17.7. The molecule has 7 heteroatoms. The Morgan fingerprint density at radius 2 is 1.75 bits per heavy atom. The quantitative estimate of drug-likeness (QED) is 0.409. The SMILES string of the molecule is N#Cc1cc(-c2ccnc(Nc3ccc4c(c3)CN(Cc3ccccc3)C4)n2)cnc1N1CCCC1. The van der Waals surface area contributed by atoms with Crippen LogP contribution >= 0.6 is 0 Å². The molecule has 4 aromatic rings. The van der Waals surface area contributed by atoms with E-state index in [0.717, 1.165) is 68.3 Å². The maximum Gasteiger partial charge on any atom is 0.227 e. The fourth-order valence-corrected chi connectivity index (χ4v) is 5.07. The summed E-state index contributed by atoms with van der Waals surface area (Å²) in [5, 5.41) is 13.1. The van der Waals surface area contributed by atoms with Crippen LogP contribution in [-0.4, -0.2) is 32.9 Å². The fourth-order valence-electron chi connectivity index (χ4n) is 5.07. The predicted molar refractivity (Wildman–Crippen MR) is 141 cm³/mol. The molecule has 0 atom stereocenters. The van der Waals surface area contributed by atoms with Crippen molar-refractivity contribution in [3.8, 4) is 17.3 Å². The molecule has 1 fully saturated rings. The zero-order chi connectivity index (χ0) is 24.3. The van der Waals surface area contributed by atoms with Crippen molar-refractivity contribution in [1.29, 1.82) is 5.26 Å². The number of hydrogen-bond donors (Lipinski definition) is 1. The van der Waals surface area contributed by atoms with Crippen molar-refractivity contribution >= 4 is 17.5 Å². The smallest absolute Gasteiger partial charge is 0.227 e. The van der Waals surface area contributed by atoms with Crippen LogP contribution in [0.25, 0.3) is 11.3 Å². The van der Waals surface area contributed by atoms with E-state index in [0.29, 0.717) is 11.5 Å². The Bertz CT molecular complexity index is 1420. The molecule has 0 amide bonds. The number of nitriles is 1. The normalized spacial score (nSPS) is 15.0. The Balaban J connectivity index is 1.18. The third kappa shape index (κ3) is 4.64. The molecule has 1 saturated heterocycles. The summed E-state index contributed by atoms with van der Waals surface area (Å²) >= 11 is 0. The molecule has 0 spiro atoms. The second-order valence-corrected chi connectivity index (χ2v) is 9.41. The fraction of sp³-hybridized carbons (Fsp3) is 0.241. The number of fused-ring (bicyclic) bond motifs is 1. The number of nitrogens with one attached hydrogen (secondary N) is 1. The molecule has 2 aromatic heterocycles. The first-order valence-corrected chi connectivity index (χ1v) is 12.4. The van der Waals surface area contributed by atoms with E-state index in [1.54, 1.807) is 12.4 Å². The summed E-state index contributed by atoms with van der Waals surface area (Å²) in [5.74, 6) is 1.29. The zero-order valence-electron chi connectivity index (χ0n) is 20.1. The van der Waals surface area contributed by atoms with Crippen LogP contribution in [0.4, 0.5) is 17.5 Å². The minimum absolute atomic E-state index is 0.522. The predicted octanol–water partition coefficient (Wildman–Crippen LogP) is 5.27. The number of nitrogens with zero attached hydrogens (tertiary/aromatic N) is 6. The van der Waals surface area contributed by atoms with Gasteiger partial charge >= 0.3 is 0 Å². The van der Waals surface area contributed by atoms with Gasteiger partial charge in [-0.05, 0) is 53.8 Å². The topological polar surface area (TPSA) is 81.0 Å². The lowest BCUT2D eigenvalue weighted by Crippen LogP contribution is -2.20. The first kappa shape index (κ1) is 22.2. The lowest BCUT2D eigenvalue weighted by Gasteiger charge is -2.18. The molecule has 1 N–H and O–H groups in total. The molecule has 2 aromatic carbocycles. The van der Waals surface area contributed by atoms with E-state index in [1.807, 2.05) is 12.1 Å². The highest BCUT2D eigenvalue weighted by Crippen LogP contribution is 2.29. The third-order valence-corrected chi connectivity index (χ3v) is 6.84. The molecular weight excluding hydrogens is 446 g/mol. The van der Waals surface area contributed by atoms with Crippen LogP contribution in [-0.2, 0) is 19.6 Å². The van der Waals surface area contributed by atoms with E-state index in [-0.39, 0.29) is 0 Å². The summed E-state index contributed by atoms with van der Waals surface area (Å²) in [4.78, 5) is 18.4. The molecule has 2 aliphatic heterocycles. The monoisotopic (exact) mass is 473 g/mol. The summed E-state index contributed by atoms with van der Waals surface area (Å²) in [6.07, 6.45) is 5.82. The van der Waals surface area contributed by atoms with Crippen molar-refractivity contribution in [2.24, 2.45) is 0 Å². The Morgan fingerprint density at radius 3 is 2.58 bits per heavy atom. The Hall–Kier alpha value is -4.28. The maximum atomic E-state index is 9.71. The minimum atomic E-state index is 0.522. The second-order valence-electron chi connectivity index (χ2n) is 9.41. The largest absolute Gasteiger partial charge is 0.356 e. The van der Waals surface area contributed by atoms with Crippen molar-refractivity contribution in [2.45, 2.75) is 32.5 Å². The molecule has 0 unspecified atom stereocenters. The van der Waals surface area contributed by atoms with Gasteiger partial charge in [0.1, 0.15) is 11.9 Å². The van der Waals surface area contributed by atoms with Crippen molar-refractivity contribution in [2.75, 3.05) is 23.3 Å². The summed E-state index contributed by atoms with van der Waals surface area (Å²) in [6, 6.07) is 23.1. The van der Waals surface area contributed by atoms with Crippen LogP contribution in [0.15, 0.2) is 73.1 Å². The van der Waals surface area contributed by atoms with E-state index in [2.05, 4.69) is 79.7 Å². The highest BCUT2D eigenvalue weighted by Gasteiger charge is 2.20. The van der Waals surface area contributed by atoms with E-state index < -0.39 is 0 Å². The van der Waals surface area contributed by atoms with E-state index in [9.17, 15) is 5.26 Å². The van der Waals surface area contributed by atoms with Crippen LogP contribution in [0.3, 0.4) is 0 Å². The number of rotatable bonds is 6. The summed E-state index contributed by atoms with van der Waals surface area (Å²) in [7, 11) is 0. The molecule has 2 aliphatic rings. The van der Waals surface area contributed by atoms with Crippen LogP contribution in [0.2, 0.25) is 0 Å². The number of aromatic nitrogens is 3. The van der Waals surface area contributed by atoms with Crippen LogP contribution in [0.5, 0.6) is 0 Å². The second kappa shape index (κ2) is 9.76. The molecular formula is C29H27N7. The first-order valence-electron chi connectivity index (χ1n) is 12.4. The van der Waals surface area contributed by atoms with Gasteiger partial charge in [0.25, 0.3) is 0 Å². The molecule has 4 heterocycles. The van der Waals surface area contributed by atoms with Crippen LogP contribution < -0.4 is 10.2 Å². The van der Waals surface area contributed by atoms with E-state index >= 15 is 0 Å². The third-order valence-electron chi connectivity index (χ3n) is 6.84. The van der Waals surface area contributed by atoms with E-state index in [1.165, 1.54) is 16.7 Å². The lowest BCUT2D eigenvalue weighted by atomic mass is 10.1. The molecule has 0 bridgehead atoms. The average Bonchev–Trinajstić information content (AvgIpc) is 3.59. The zero-order valence-corrected chi connectivity index (χ0v) is 20.1. The van der Waals surface area contributed by atoms with Gasteiger partial charge in [-0.2, -0.15) is 5.26 Å². The molecule has 36 heavy (non-hydrogen) atoms. The highest BCUT2D eigenvalue weighted by molar-refractivity contribution is 5.67. The summed E-state index contributed by atoms with van der Waals surface area (Å²) < 4.78 is 0. The van der Waals surface area contributed by atoms with Gasteiger partial charge in [0, 0.05) is 56.4 Å². The van der Waals surface area contributed by atoms with Crippen molar-refractivity contribution in [1.82, 2.24) is 19.9 Å². The minimum Gasteiger partial charge on any atom is -0.356 e. The van der Waals surface area contributed by atoms with Gasteiger partial charge in [-0.15, -0.1) is 0 Å². The molecule has 178 valence electrons.